The average Bonchev–Trinajstić information content (AvgIpc) is 3.31. The fourth-order valence-electron chi connectivity index (χ4n) is 5.49. The monoisotopic (exact) mass is 443 g/mol. The van der Waals surface area contributed by atoms with Crippen molar-refractivity contribution in [3.05, 3.63) is 83.2 Å². The summed E-state index contributed by atoms with van der Waals surface area (Å²) in [7, 11) is 0. The third-order valence-electron chi connectivity index (χ3n) is 7.19. The van der Waals surface area contributed by atoms with Crippen molar-refractivity contribution in [2.24, 2.45) is 5.92 Å². The molecule has 0 aliphatic heterocycles. The van der Waals surface area contributed by atoms with Gasteiger partial charge in [0.25, 0.3) is 0 Å². The van der Waals surface area contributed by atoms with Gasteiger partial charge >= 0.3 is 0 Å². The molecule has 33 heavy (non-hydrogen) atoms. The molecule has 0 spiro atoms. The lowest BCUT2D eigenvalue weighted by Gasteiger charge is -2.29. The van der Waals surface area contributed by atoms with Crippen LogP contribution in [0, 0.1) is 11.7 Å². The van der Waals surface area contributed by atoms with Gasteiger partial charge in [-0.3, -0.25) is 0 Å². The van der Waals surface area contributed by atoms with Crippen LogP contribution in [0.5, 0.6) is 0 Å². The Morgan fingerprint density at radius 3 is 2.58 bits per heavy atom. The predicted octanol–water partition coefficient (Wildman–Crippen LogP) is 6.35. The SMILES string of the molecule is Nc1cc(C(CCCC2CCC(c3ccccc3)CC2)c2cccc(F)c2)c2n[nH]nc2n1. The van der Waals surface area contributed by atoms with Gasteiger partial charge in [-0.2, -0.15) is 10.3 Å². The Kier molecular flexibility index (Phi) is 6.33. The van der Waals surface area contributed by atoms with E-state index in [9.17, 15) is 4.39 Å². The summed E-state index contributed by atoms with van der Waals surface area (Å²) < 4.78 is 14.1. The number of nitrogens with two attached hydrogens (primary N) is 1. The molecule has 2 aromatic carbocycles. The van der Waals surface area contributed by atoms with Crippen LogP contribution < -0.4 is 5.73 Å². The summed E-state index contributed by atoms with van der Waals surface area (Å²) in [5, 5.41) is 11.1. The Labute approximate surface area is 193 Å². The number of pyridine rings is 1. The fourth-order valence-corrected chi connectivity index (χ4v) is 5.49. The van der Waals surface area contributed by atoms with E-state index >= 15 is 0 Å². The third-order valence-corrected chi connectivity index (χ3v) is 7.19. The number of aromatic amines is 1. The van der Waals surface area contributed by atoms with E-state index < -0.39 is 0 Å². The van der Waals surface area contributed by atoms with Crippen LogP contribution in [0.3, 0.4) is 0 Å². The molecule has 1 atom stereocenters. The molecular weight excluding hydrogens is 413 g/mol. The average molecular weight is 444 g/mol. The molecule has 3 N–H and O–H groups in total. The van der Waals surface area contributed by atoms with E-state index in [2.05, 4.69) is 50.7 Å². The van der Waals surface area contributed by atoms with Crippen molar-refractivity contribution in [2.75, 3.05) is 5.73 Å². The first-order valence-corrected chi connectivity index (χ1v) is 11.9. The van der Waals surface area contributed by atoms with Crippen LogP contribution in [0.4, 0.5) is 10.2 Å². The number of H-pyrrole nitrogens is 1. The number of benzene rings is 2. The molecule has 170 valence electrons. The normalized spacial score (nSPS) is 19.5. The van der Waals surface area contributed by atoms with Gasteiger partial charge in [-0.15, -0.1) is 5.10 Å². The van der Waals surface area contributed by atoms with Crippen LogP contribution in [0.1, 0.15) is 73.5 Å². The molecule has 5 rings (SSSR count). The molecule has 0 amide bonds. The minimum absolute atomic E-state index is 0.000687. The van der Waals surface area contributed by atoms with E-state index in [0.717, 1.165) is 29.9 Å². The van der Waals surface area contributed by atoms with Gasteiger partial charge in [-0.1, -0.05) is 55.3 Å². The molecule has 0 bridgehead atoms. The summed E-state index contributed by atoms with van der Waals surface area (Å²) in [6.07, 6.45) is 8.26. The minimum Gasteiger partial charge on any atom is -0.384 e. The number of hydrogen-bond acceptors (Lipinski definition) is 4. The number of nitrogens with zero attached hydrogens (tertiary/aromatic N) is 3. The van der Waals surface area contributed by atoms with Gasteiger partial charge < -0.3 is 5.73 Å². The second-order valence-electron chi connectivity index (χ2n) is 9.30. The third kappa shape index (κ3) is 4.90. The molecule has 2 heterocycles. The van der Waals surface area contributed by atoms with Gasteiger partial charge in [0.15, 0.2) is 0 Å². The molecule has 0 radical (unpaired) electrons. The van der Waals surface area contributed by atoms with E-state index in [4.69, 9.17) is 5.73 Å². The first-order valence-electron chi connectivity index (χ1n) is 11.9. The van der Waals surface area contributed by atoms with Crippen molar-refractivity contribution in [3.63, 3.8) is 0 Å². The highest BCUT2D eigenvalue weighted by Crippen LogP contribution is 2.39. The summed E-state index contributed by atoms with van der Waals surface area (Å²) in [5.41, 5.74) is 10.7. The number of aromatic nitrogens is 4. The van der Waals surface area contributed by atoms with Crippen LogP contribution in [0.2, 0.25) is 0 Å². The van der Waals surface area contributed by atoms with E-state index in [1.165, 1.54) is 43.7 Å². The van der Waals surface area contributed by atoms with Crippen molar-refractivity contribution < 1.29 is 4.39 Å². The highest BCUT2D eigenvalue weighted by molar-refractivity contribution is 5.77. The van der Waals surface area contributed by atoms with Gasteiger partial charge in [-0.25, -0.2) is 9.37 Å². The van der Waals surface area contributed by atoms with Gasteiger partial charge in [0, 0.05) is 5.92 Å². The number of hydrogen-bond donors (Lipinski definition) is 2. The Morgan fingerprint density at radius 1 is 0.970 bits per heavy atom. The van der Waals surface area contributed by atoms with E-state index in [-0.39, 0.29) is 11.7 Å². The van der Waals surface area contributed by atoms with Gasteiger partial charge in [0.2, 0.25) is 5.65 Å². The topological polar surface area (TPSA) is 80.5 Å². The molecule has 1 fully saturated rings. The number of nitrogens with one attached hydrogen (secondary N) is 1. The van der Waals surface area contributed by atoms with Crippen LogP contribution in [-0.2, 0) is 0 Å². The Hall–Kier alpha value is -3.28. The summed E-state index contributed by atoms with van der Waals surface area (Å²) in [6, 6.07) is 19.6. The second-order valence-corrected chi connectivity index (χ2v) is 9.30. The number of nitrogen functional groups attached to an aromatic ring is 1. The highest BCUT2D eigenvalue weighted by Gasteiger charge is 2.24. The maximum atomic E-state index is 14.1. The van der Waals surface area contributed by atoms with Crippen molar-refractivity contribution >= 4 is 17.0 Å². The zero-order valence-corrected chi connectivity index (χ0v) is 18.8. The molecule has 5 nitrogen and oxygen atoms in total. The van der Waals surface area contributed by atoms with Crippen molar-refractivity contribution in [1.29, 1.82) is 0 Å². The quantitative estimate of drug-likeness (QED) is 0.349. The summed E-state index contributed by atoms with van der Waals surface area (Å²) in [5.74, 6) is 1.64. The van der Waals surface area contributed by atoms with Crippen LogP contribution in [0.15, 0.2) is 60.7 Å². The molecule has 1 saturated carbocycles. The van der Waals surface area contributed by atoms with E-state index in [1.807, 2.05) is 12.1 Å². The Balaban J connectivity index is 1.28. The minimum atomic E-state index is -0.227. The zero-order chi connectivity index (χ0) is 22.6. The first-order chi connectivity index (χ1) is 16.2. The smallest absolute Gasteiger partial charge is 0.203 e. The van der Waals surface area contributed by atoms with Crippen molar-refractivity contribution in [3.8, 4) is 0 Å². The van der Waals surface area contributed by atoms with E-state index in [1.54, 1.807) is 12.1 Å². The lowest BCUT2D eigenvalue weighted by molar-refractivity contribution is 0.301. The second kappa shape index (κ2) is 9.69. The highest BCUT2D eigenvalue weighted by atomic mass is 19.1. The molecule has 6 heteroatoms. The molecule has 1 aliphatic carbocycles. The molecule has 1 unspecified atom stereocenters. The predicted molar refractivity (Wildman–Crippen MR) is 129 cm³/mol. The molecule has 1 aliphatic rings. The summed E-state index contributed by atoms with van der Waals surface area (Å²) in [6.45, 7) is 0. The first kappa shape index (κ1) is 21.6. The molecule has 4 aromatic rings. The summed E-state index contributed by atoms with van der Waals surface area (Å²) >= 11 is 0. The fraction of sp³-hybridized carbons (Fsp3) is 0.370. The maximum absolute atomic E-state index is 14.1. The lowest BCUT2D eigenvalue weighted by atomic mass is 9.76. The standard InChI is InChI=1S/C27H30FN5/c28-22-10-5-9-21(16-22)23(24-17-25(29)30-27-26(24)31-33-32-27)11-4-6-18-12-14-20(15-13-18)19-7-2-1-3-8-19/h1-3,5,7-10,16-18,20,23H,4,6,11-15H2,(H3,29,30,31,32,33). The van der Waals surface area contributed by atoms with Gasteiger partial charge in [0.05, 0.1) is 0 Å². The van der Waals surface area contributed by atoms with Crippen molar-refractivity contribution in [1.82, 2.24) is 20.4 Å². The number of rotatable bonds is 7. The number of halogens is 1. The van der Waals surface area contributed by atoms with Crippen LogP contribution >= 0.6 is 0 Å². The maximum Gasteiger partial charge on any atom is 0.203 e. The lowest BCUT2D eigenvalue weighted by Crippen LogP contribution is -2.14. The Morgan fingerprint density at radius 2 is 1.79 bits per heavy atom. The van der Waals surface area contributed by atoms with Crippen LogP contribution in [-0.4, -0.2) is 20.4 Å². The van der Waals surface area contributed by atoms with Crippen molar-refractivity contribution in [2.45, 2.75) is 56.8 Å². The Bertz CT molecular complexity index is 1200. The number of anilines is 1. The molecule has 2 aromatic heterocycles. The van der Waals surface area contributed by atoms with Gasteiger partial charge in [0.1, 0.15) is 17.2 Å². The molecule has 0 saturated heterocycles. The van der Waals surface area contributed by atoms with E-state index in [0.29, 0.717) is 22.9 Å². The zero-order valence-electron chi connectivity index (χ0n) is 18.8. The summed E-state index contributed by atoms with van der Waals surface area (Å²) in [4.78, 5) is 4.27. The largest absolute Gasteiger partial charge is 0.384 e. The van der Waals surface area contributed by atoms with Gasteiger partial charge in [-0.05, 0) is 78.8 Å². The number of fused-ring (bicyclic) bond motifs is 1. The molecular formula is C27H30FN5. The van der Waals surface area contributed by atoms with Crippen LogP contribution in [0.25, 0.3) is 11.2 Å².